The van der Waals surface area contributed by atoms with E-state index >= 15 is 0 Å². The zero-order valence-electron chi connectivity index (χ0n) is 12.3. The quantitative estimate of drug-likeness (QED) is 0.828. The SMILES string of the molecule is COc1ccc2c(c1)OC[C@@H](CNC(=O)CNC(C)=O)C2. The summed E-state index contributed by atoms with van der Waals surface area (Å²) >= 11 is 0. The average molecular weight is 292 g/mol. The molecule has 114 valence electrons. The van der Waals surface area contributed by atoms with Crippen LogP contribution < -0.4 is 20.1 Å². The van der Waals surface area contributed by atoms with Gasteiger partial charge in [0.15, 0.2) is 0 Å². The minimum atomic E-state index is -0.214. The summed E-state index contributed by atoms with van der Waals surface area (Å²) in [6.07, 6.45) is 0.847. The summed E-state index contributed by atoms with van der Waals surface area (Å²) in [4.78, 5) is 22.3. The van der Waals surface area contributed by atoms with E-state index in [0.717, 1.165) is 23.5 Å². The van der Waals surface area contributed by atoms with E-state index in [4.69, 9.17) is 9.47 Å². The van der Waals surface area contributed by atoms with Crippen molar-refractivity contribution < 1.29 is 19.1 Å². The van der Waals surface area contributed by atoms with Crippen LogP contribution in [0.5, 0.6) is 11.5 Å². The lowest BCUT2D eigenvalue weighted by Gasteiger charge is -2.25. The first-order valence-corrected chi connectivity index (χ1v) is 6.89. The topological polar surface area (TPSA) is 76.7 Å². The van der Waals surface area contributed by atoms with Crippen LogP contribution in [0.3, 0.4) is 0 Å². The Morgan fingerprint density at radius 3 is 2.90 bits per heavy atom. The molecule has 6 nitrogen and oxygen atoms in total. The van der Waals surface area contributed by atoms with Gasteiger partial charge in [-0.15, -0.1) is 0 Å². The maximum absolute atomic E-state index is 11.5. The van der Waals surface area contributed by atoms with Crippen LogP contribution in [0.1, 0.15) is 12.5 Å². The summed E-state index contributed by atoms with van der Waals surface area (Å²) in [7, 11) is 1.62. The van der Waals surface area contributed by atoms with E-state index in [1.165, 1.54) is 6.92 Å². The number of methoxy groups -OCH3 is 1. The number of carbonyl (C=O) groups is 2. The standard InChI is InChI=1S/C15H20N2O4/c1-10(18)16-8-15(19)17-7-11-5-12-3-4-13(20-2)6-14(12)21-9-11/h3-4,6,11H,5,7-9H2,1-2H3,(H,16,18)(H,17,19)/t11-/m1/s1. The molecule has 0 bridgehead atoms. The van der Waals surface area contributed by atoms with Crippen molar-refractivity contribution in [3.8, 4) is 11.5 Å². The first-order valence-electron chi connectivity index (χ1n) is 6.89. The number of fused-ring (bicyclic) bond motifs is 1. The lowest BCUT2D eigenvalue weighted by atomic mass is 9.96. The molecule has 0 spiro atoms. The van der Waals surface area contributed by atoms with E-state index in [9.17, 15) is 9.59 Å². The van der Waals surface area contributed by atoms with Gasteiger partial charge in [-0.25, -0.2) is 0 Å². The Morgan fingerprint density at radius 1 is 1.38 bits per heavy atom. The van der Waals surface area contributed by atoms with Crippen molar-refractivity contribution in [1.29, 1.82) is 0 Å². The van der Waals surface area contributed by atoms with Crippen molar-refractivity contribution in [2.45, 2.75) is 13.3 Å². The fourth-order valence-electron chi connectivity index (χ4n) is 2.20. The summed E-state index contributed by atoms with van der Waals surface area (Å²) < 4.78 is 10.9. The molecule has 2 rings (SSSR count). The lowest BCUT2D eigenvalue weighted by molar-refractivity contribution is -0.125. The molecule has 21 heavy (non-hydrogen) atoms. The van der Waals surface area contributed by atoms with E-state index in [1.54, 1.807) is 7.11 Å². The van der Waals surface area contributed by atoms with E-state index in [0.29, 0.717) is 13.2 Å². The largest absolute Gasteiger partial charge is 0.497 e. The number of nitrogens with one attached hydrogen (secondary N) is 2. The smallest absolute Gasteiger partial charge is 0.239 e. The molecule has 1 aliphatic heterocycles. The van der Waals surface area contributed by atoms with E-state index in [2.05, 4.69) is 10.6 Å². The number of hydrogen-bond donors (Lipinski definition) is 2. The van der Waals surface area contributed by atoms with Gasteiger partial charge in [0, 0.05) is 25.5 Å². The molecule has 1 aliphatic rings. The Morgan fingerprint density at radius 2 is 2.19 bits per heavy atom. The molecular formula is C15H20N2O4. The molecule has 1 heterocycles. The molecule has 0 aliphatic carbocycles. The first-order chi connectivity index (χ1) is 10.1. The summed E-state index contributed by atoms with van der Waals surface area (Å²) in [5.41, 5.74) is 1.11. The van der Waals surface area contributed by atoms with Gasteiger partial charge in [-0.05, 0) is 18.1 Å². The normalized spacial score (nSPS) is 16.4. The second-order valence-corrected chi connectivity index (χ2v) is 5.07. The minimum Gasteiger partial charge on any atom is -0.497 e. The predicted molar refractivity (Wildman–Crippen MR) is 77.4 cm³/mol. The van der Waals surface area contributed by atoms with Crippen LogP contribution in [-0.4, -0.2) is 38.6 Å². The highest BCUT2D eigenvalue weighted by Crippen LogP contribution is 2.30. The van der Waals surface area contributed by atoms with Crippen LogP contribution in [0.4, 0.5) is 0 Å². The van der Waals surface area contributed by atoms with E-state index in [-0.39, 0.29) is 24.3 Å². The molecule has 0 aromatic heterocycles. The average Bonchev–Trinajstić information content (AvgIpc) is 2.50. The number of ether oxygens (including phenoxy) is 2. The van der Waals surface area contributed by atoms with Crippen molar-refractivity contribution in [2.24, 2.45) is 5.92 Å². The maximum atomic E-state index is 11.5. The van der Waals surface area contributed by atoms with E-state index in [1.807, 2.05) is 18.2 Å². The molecule has 0 saturated carbocycles. The van der Waals surface area contributed by atoms with Crippen LogP contribution in [0, 0.1) is 5.92 Å². The fraction of sp³-hybridized carbons (Fsp3) is 0.467. The molecule has 1 aromatic rings. The van der Waals surface area contributed by atoms with Crippen molar-refractivity contribution in [3.63, 3.8) is 0 Å². The Balaban J connectivity index is 1.82. The predicted octanol–water partition coefficient (Wildman–Crippen LogP) is 0.499. The van der Waals surface area contributed by atoms with Crippen molar-refractivity contribution in [1.82, 2.24) is 10.6 Å². The number of hydrogen-bond acceptors (Lipinski definition) is 4. The van der Waals surface area contributed by atoms with Gasteiger partial charge in [-0.1, -0.05) is 6.07 Å². The number of rotatable bonds is 5. The molecular weight excluding hydrogens is 272 g/mol. The Bertz CT molecular complexity index is 530. The second-order valence-electron chi connectivity index (χ2n) is 5.07. The second kappa shape index (κ2) is 6.97. The van der Waals surface area contributed by atoms with Crippen molar-refractivity contribution in [2.75, 3.05) is 26.8 Å². The van der Waals surface area contributed by atoms with Crippen LogP contribution in [0.15, 0.2) is 18.2 Å². The molecule has 2 amide bonds. The molecule has 1 aromatic carbocycles. The number of carbonyl (C=O) groups excluding carboxylic acids is 2. The molecule has 0 saturated heterocycles. The van der Waals surface area contributed by atoms with E-state index < -0.39 is 0 Å². The van der Waals surface area contributed by atoms with Gasteiger partial charge in [0.05, 0.1) is 20.3 Å². The Hall–Kier alpha value is -2.24. The minimum absolute atomic E-state index is 0.0106. The highest BCUT2D eigenvalue weighted by molar-refractivity contribution is 5.83. The summed E-state index contributed by atoms with van der Waals surface area (Å²) in [6, 6.07) is 5.76. The van der Waals surface area contributed by atoms with Crippen molar-refractivity contribution in [3.05, 3.63) is 23.8 Å². The third kappa shape index (κ3) is 4.37. The van der Waals surface area contributed by atoms with Crippen LogP contribution in [0.2, 0.25) is 0 Å². The zero-order chi connectivity index (χ0) is 15.2. The van der Waals surface area contributed by atoms with Crippen molar-refractivity contribution >= 4 is 11.8 Å². The summed E-state index contributed by atoms with van der Waals surface area (Å²) in [5, 5.41) is 5.27. The van der Waals surface area contributed by atoms with Gasteiger partial charge in [0.1, 0.15) is 11.5 Å². The maximum Gasteiger partial charge on any atom is 0.239 e. The van der Waals surface area contributed by atoms with Crippen LogP contribution >= 0.6 is 0 Å². The molecule has 0 unspecified atom stereocenters. The highest BCUT2D eigenvalue weighted by Gasteiger charge is 2.20. The summed E-state index contributed by atoms with van der Waals surface area (Å²) in [5.74, 6) is 1.44. The summed E-state index contributed by atoms with van der Waals surface area (Å²) in [6.45, 7) is 2.48. The molecule has 0 radical (unpaired) electrons. The third-order valence-electron chi connectivity index (χ3n) is 3.34. The zero-order valence-corrected chi connectivity index (χ0v) is 12.3. The van der Waals surface area contributed by atoms with Gasteiger partial charge in [0.25, 0.3) is 0 Å². The highest BCUT2D eigenvalue weighted by atomic mass is 16.5. The first kappa shape index (κ1) is 15.2. The van der Waals surface area contributed by atoms with Crippen LogP contribution in [-0.2, 0) is 16.0 Å². The van der Waals surface area contributed by atoms with Gasteiger partial charge in [-0.2, -0.15) is 0 Å². The molecule has 6 heteroatoms. The fourth-order valence-corrected chi connectivity index (χ4v) is 2.20. The van der Waals surface area contributed by atoms with Crippen LogP contribution in [0.25, 0.3) is 0 Å². The molecule has 2 N–H and O–H groups in total. The molecule has 0 fully saturated rings. The number of amides is 2. The Labute approximate surface area is 123 Å². The molecule has 1 atom stereocenters. The van der Waals surface area contributed by atoms with Gasteiger partial charge in [0.2, 0.25) is 11.8 Å². The van der Waals surface area contributed by atoms with Gasteiger partial charge in [-0.3, -0.25) is 9.59 Å². The monoisotopic (exact) mass is 292 g/mol. The third-order valence-corrected chi connectivity index (χ3v) is 3.34. The lowest BCUT2D eigenvalue weighted by Crippen LogP contribution is -2.40. The number of benzene rings is 1. The van der Waals surface area contributed by atoms with Gasteiger partial charge < -0.3 is 20.1 Å². The van der Waals surface area contributed by atoms with Gasteiger partial charge >= 0.3 is 0 Å². The Kier molecular flexibility index (Phi) is 5.03.